The molecular weight excluding hydrogens is 266 g/mol. The molecule has 3 heterocycles. The van der Waals surface area contributed by atoms with Crippen LogP contribution in [-0.4, -0.2) is 24.8 Å². The number of nitrogens with one attached hydrogen (secondary N) is 1. The van der Waals surface area contributed by atoms with Crippen molar-refractivity contribution in [2.75, 3.05) is 5.73 Å². The third-order valence-electron chi connectivity index (χ3n) is 2.26. The van der Waals surface area contributed by atoms with E-state index in [-0.39, 0.29) is 0 Å². The first-order valence-corrected chi connectivity index (χ1v) is 5.63. The number of aromatic amines is 1. The van der Waals surface area contributed by atoms with Gasteiger partial charge in [-0.15, -0.1) is 0 Å². The van der Waals surface area contributed by atoms with E-state index >= 15 is 0 Å². The highest BCUT2D eigenvalue weighted by Gasteiger charge is 2.10. The van der Waals surface area contributed by atoms with Gasteiger partial charge >= 0.3 is 0 Å². The lowest BCUT2D eigenvalue weighted by atomic mass is 10.4. The van der Waals surface area contributed by atoms with Crippen molar-refractivity contribution in [2.24, 2.45) is 0 Å². The van der Waals surface area contributed by atoms with Crippen LogP contribution < -0.4 is 5.73 Å². The zero-order valence-electron chi connectivity index (χ0n) is 10.0. The van der Waals surface area contributed by atoms with Crippen LogP contribution >= 0.6 is 11.6 Å². The fourth-order valence-electron chi connectivity index (χ4n) is 1.40. The summed E-state index contributed by atoms with van der Waals surface area (Å²) in [6, 6.07) is 3.44. The van der Waals surface area contributed by atoms with Gasteiger partial charge in [0.05, 0.1) is 19.0 Å². The Hall–Kier alpha value is -2.59. The number of anilines is 1. The summed E-state index contributed by atoms with van der Waals surface area (Å²) in [5.74, 6) is 0.606. The monoisotopic (exact) mass is 275 g/mol. The van der Waals surface area contributed by atoms with Crippen molar-refractivity contribution in [1.82, 2.24) is 24.8 Å². The molecule has 3 aromatic heterocycles. The maximum atomic E-state index is 6.91. The zero-order valence-corrected chi connectivity index (χ0v) is 10.8. The van der Waals surface area contributed by atoms with Crippen LogP contribution in [0.2, 0.25) is 5.15 Å². The van der Waals surface area contributed by atoms with E-state index in [2.05, 4.69) is 25.1 Å². The number of nitrogens with two attached hydrogens (primary N) is 1. The number of aromatic nitrogens is 5. The van der Waals surface area contributed by atoms with E-state index in [1.165, 1.54) is 4.52 Å². The molecule has 3 aromatic rings. The summed E-state index contributed by atoms with van der Waals surface area (Å²) in [5, 5.41) is 10.4. The van der Waals surface area contributed by atoms with Gasteiger partial charge in [-0.2, -0.15) is 10.2 Å². The molecule has 8 heteroatoms. The molecular formula is C11H10ClN7. The number of hydrogen-bond acceptors (Lipinski definition) is 4. The lowest BCUT2D eigenvalue weighted by Gasteiger charge is -2.01. The van der Waals surface area contributed by atoms with Crippen molar-refractivity contribution >= 4 is 28.8 Å². The maximum absolute atomic E-state index is 6.91. The molecule has 0 unspecified atom stereocenters. The van der Waals surface area contributed by atoms with E-state index in [1.807, 2.05) is 0 Å². The lowest BCUT2D eigenvalue weighted by Crippen LogP contribution is -1.94. The second-order valence-corrected chi connectivity index (χ2v) is 3.92. The molecule has 7 nitrogen and oxygen atoms in total. The van der Waals surface area contributed by atoms with Gasteiger partial charge < -0.3 is 5.73 Å². The van der Waals surface area contributed by atoms with Crippen LogP contribution in [-0.2, 0) is 0 Å². The molecule has 19 heavy (non-hydrogen) atoms. The van der Waals surface area contributed by atoms with Crippen LogP contribution in [0.15, 0.2) is 24.5 Å². The number of nitrogens with zero attached hydrogens (tertiary/aromatic N) is 5. The summed E-state index contributed by atoms with van der Waals surface area (Å²) in [7, 11) is 0. The molecule has 0 bridgehead atoms. The molecule has 0 aromatic carbocycles. The normalized spacial score (nSPS) is 9.74. The van der Waals surface area contributed by atoms with Crippen LogP contribution in [0.1, 0.15) is 5.69 Å². The molecule has 0 aliphatic heterocycles. The zero-order chi connectivity index (χ0) is 13.8. The Balaban J connectivity index is 0.000000186. The number of hydrogen-bond donors (Lipinski definition) is 2. The molecule has 0 saturated heterocycles. The standard InChI is InChI=1S/C8H5ClN4.C3H5N3/c1-5-7(10-2)8(9)13-6(12-5)3-4-11-13;4-3-1-2-5-6-3/h3-4H,1H3;1-2H,(H3,4,5,6). The Kier molecular flexibility index (Phi) is 3.63. The van der Waals surface area contributed by atoms with Crippen molar-refractivity contribution in [3.05, 3.63) is 46.8 Å². The average molecular weight is 276 g/mol. The Morgan fingerprint density at radius 3 is 2.74 bits per heavy atom. The second-order valence-electron chi connectivity index (χ2n) is 3.56. The number of nitrogen functional groups attached to an aromatic ring is 1. The topological polar surface area (TPSA) is 89.2 Å². The van der Waals surface area contributed by atoms with E-state index in [1.54, 1.807) is 31.5 Å². The summed E-state index contributed by atoms with van der Waals surface area (Å²) >= 11 is 5.94. The van der Waals surface area contributed by atoms with Gasteiger partial charge in [0.2, 0.25) is 5.69 Å². The highest BCUT2D eigenvalue weighted by molar-refractivity contribution is 6.32. The van der Waals surface area contributed by atoms with Gasteiger partial charge in [-0.25, -0.2) is 14.3 Å². The number of aryl methyl sites for hydroxylation is 1. The molecule has 0 fully saturated rings. The van der Waals surface area contributed by atoms with Crippen molar-refractivity contribution in [3.63, 3.8) is 0 Å². The summed E-state index contributed by atoms with van der Waals surface area (Å²) in [5.41, 5.74) is 6.81. The van der Waals surface area contributed by atoms with Crippen molar-refractivity contribution < 1.29 is 0 Å². The van der Waals surface area contributed by atoms with Gasteiger partial charge in [0.1, 0.15) is 11.0 Å². The van der Waals surface area contributed by atoms with Crippen LogP contribution in [0.3, 0.4) is 0 Å². The number of H-pyrrole nitrogens is 1. The number of halogens is 1. The highest BCUT2D eigenvalue weighted by atomic mass is 35.5. The van der Waals surface area contributed by atoms with Crippen LogP contribution in [0.5, 0.6) is 0 Å². The van der Waals surface area contributed by atoms with Crippen LogP contribution in [0.4, 0.5) is 11.5 Å². The largest absolute Gasteiger partial charge is 0.384 e. The Labute approximate surface area is 113 Å². The molecule has 0 aliphatic carbocycles. The molecule has 0 atom stereocenters. The smallest absolute Gasteiger partial charge is 0.244 e. The lowest BCUT2D eigenvalue weighted by molar-refractivity contribution is 0.936. The Bertz CT molecular complexity index is 723. The SMILES string of the molecule is Nc1ccn[nH]1.[C-]#[N+]c1c(C)nc2ccnn2c1Cl. The molecule has 96 valence electrons. The number of fused-ring (bicyclic) bond motifs is 1. The first-order valence-electron chi connectivity index (χ1n) is 5.25. The summed E-state index contributed by atoms with van der Waals surface area (Å²) in [6.07, 6.45) is 3.21. The van der Waals surface area contributed by atoms with E-state index in [4.69, 9.17) is 23.9 Å². The molecule has 3 N–H and O–H groups in total. The molecule has 0 radical (unpaired) electrons. The van der Waals surface area contributed by atoms with Gasteiger partial charge in [-0.05, 0) is 13.0 Å². The maximum Gasteiger partial charge on any atom is 0.244 e. The fourth-order valence-corrected chi connectivity index (χ4v) is 1.71. The third-order valence-corrected chi connectivity index (χ3v) is 2.60. The van der Waals surface area contributed by atoms with E-state index in [0.717, 1.165) is 0 Å². The molecule has 0 amide bonds. The molecule has 3 rings (SSSR count). The Morgan fingerprint density at radius 2 is 2.21 bits per heavy atom. The summed E-state index contributed by atoms with van der Waals surface area (Å²) in [4.78, 5) is 7.46. The first-order chi connectivity index (χ1) is 9.13. The molecule has 0 aliphatic rings. The van der Waals surface area contributed by atoms with Gasteiger partial charge in [-0.3, -0.25) is 5.10 Å². The van der Waals surface area contributed by atoms with Crippen LogP contribution in [0.25, 0.3) is 10.5 Å². The van der Waals surface area contributed by atoms with E-state index in [0.29, 0.717) is 28.0 Å². The van der Waals surface area contributed by atoms with E-state index < -0.39 is 0 Å². The van der Waals surface area contributed by atoms with Crippen LogP contribution in [0, 0.1) is 13.5 Å². The van der Waals surface area contributed by atoms with E-state index in [9.17, 15) is 0 Å². The molecule has 0 spiro atoms. The fraction of sp³-hybridized carbons (Fsp3) is 0.0909. The minimum absolute atomic E-state index is 0.322. The van der Waals surface area contributed by atoms with Crippen molar-refractivity contribution in [3.8, 4) is 0 Å². The number of rotatable bonds is 0. The predicted molar refractivity (Wildman–Crippen MR) is 72.0 cm³/mol. The van der Waals surface area contributed by atoms with Crippen molar-refractivity contribution in [2.45, 2.75) is 6.92 Å². The molecule has 0 saturated carbocycles. The van der Waals surface area contributed by atoms with Gasteiger partial charge in [-0.1, -0.05) is 11.6 Å². The quantitative estimate of drug-likeness (QED) is 0.486. The highest BCUT2D eigenvalue weighted by Crippen LogP contribution is 2.27. The third kappa shape index (κ3) is 2.64. The average Bonchev–Trinajstić information content (AvgIpc) is 3.01. The predicted octanol–water partition coefficient (Wildman–Crippen LogP) is 2.23. The minimum atomic E-state index is 0.322. The minimum Gasteiger partial charge on any atom is -0.384 e. The Morgan fingerprint density at radius 1 is 1.42 bits per heavy atom. The van der Waals surface area contributed by atoms with Gasteiger partial charge in [0, 0.05) is 11.8 Å². The van der Waals surface area contributed by atoms with Gasteiger partial charge in [0.25, 0.3) is 0 Å². The first kappa shape index (κ1) is 12.9. The summed E-state index contributed by atoms with van der Waals surface area (Å²) in [6.45, 7) is 8.67. The summed E-state index contributed by atoms with van der Waals surface area (Å²) < 4.78 is 1.45. The van der Waals surface area contributed by atoms with Crippen molar-refractivity contribution in [1.29, 1.82) is 0 Å². The van der Waals surface area contributed by atoms with Gasteiger partial charge in [0.15, 0.2) is 5.65 Å². The second kappa shape index (κ2) is 5.37.